The minimum absolute atomic E-state index is 0.229. The molecule has 6 nitrogen and oxygen atoms in total. The Morgan fingerprint density at radius 3 is 2.90 bits per heavy atom. The van der Waals surface area contributed by atoms with Gasteiger partial charge in [-0.05, 0) is 37.5 Å². The molecule has 2 N–H and O–H groups in total. The van der Waals surface area contributed by atoms with Crippen LogP contribution in [0.5, 0.6) is 0 Å². The molecular formula is C15H17N5O. The van der Waals surface area contributed by atoms with E-state index in [9.17, 15) is 4.79 Å². The minimum Gasteiger partial charge on any atom is -0.323 e. The topological polar surface area (TPSA) is 79.4 Å². The normalized spacial score (nSPS) is 16.0. The second-order valence-electron chi connectivity index (χ2n) is 5.78. The number of aromatic amines is 2. The summed E-state index contributed by atoms with van der Waals surface area (Å²) in [4.78, 5) is 19.9. The molecular weight excluding hydrogens is 266 g/mol. The fourth-order valence-electron chi connectivity index (χ4n) is 3.19. The zero-order chi connectivity index (χ0) is 14.4. The molecule has 0 bridgehead atoms. The third kappa shape index (κ3) is 1.98. The Bertz CT molecular complexity index is 850. The maximum Gasteiger partial charge on any atom is 0.350 e. The number of hydrogen-bond acceptors (Lipinski definition) is 3. The zero-order valence-electron chi connectivity index (χ0n) is 11.9. The highest BCUT2D eigenvalue weighted by Gasteiger charge is 2.25. The van der Waals surface area contributed by atoms with Crippen molar-refractivity contribution in [3.63, 3.8) is 0 Å². The van der Waals surface area contributed by atoms with E-state index in [0.29, 0.717) is 11.9 Å². The molecule has 2 heterocycles. The van der Waals surface area contributed by atoms with Crippen LogP contribution in [0, 0.1) is 6.92 Å². The summed E-state index contributed by atoms with van der Waals surface area (Å²) < 4.78 is 1.59. The van der Waals surface area contributed by atoms with Crippen molar-refractivity contribution in [2.45, 2.75) is 38.5 Å². The Kier molecular flexibility index (Phi) is 2.70. The monoisotopic (exact) mass is 283 g/mol. The number of benzene rings is 1. The summed E-state index contributed by atoms with van der Waals surface area (Å²) in [6.45, 7) is 2.04. The molecule has 4 rings (SSSR count). The largest absolute Gasteiger partial charge is 0.350 e. The fourth-order valence-corrected chi connectivity index (χ4v) is 3.19. The summed E-state index contributed by atoms with van der Waals surface area (Å²) in [6, 6.07) is 6.01. The van der Waals surface area contributed by atoms with Gasteiger partial charge in [-0.15, -0.1) is 0 Å². The lowest BCUT2D eigenvalue weighted by Crippen LogP contribution is -2.19. The smallest absolute Gasteiger partial charge is 0.323 e. The van der Waals surface area contributed by atoms with Crippen LogP contribution in [0.2, 0.25) is 0 Å². The van der Waals surface area contributed by atoms with Crippen LogP contribution < -0.4 is 5.69 Å². The van der Waals surface area contributed by atoms with Crippen LogP contribution in [0.1, 0.15) is 43.0 Å². The van der Waals surface area contributed by atoms with Gasteiger partial charge < -0.3 is 4.98 Å². The average molecular weight is 283 g/mol. The third-order valence-electron chi connectivity index (χ3n) is 4.26. The number of nitrogens with one attached hydrogen (secondary N) is 2. The lowest BCUT2D eigenvalue weighted by Gasteiger charge is -2.07. The van der Waals surface area contributed by atoms with Crippen LogP contribution in [-0.2, 0) is 0 Å². The van der Waals surface area contributed by atoms with Crippen molar-refractivity contribution in [2.24, 2.45) is 0 Å². The Morgan fingerprint density at radius 2 is 2.10 bits per heavy atom. The Morgan fingerprint density at radius 1 is 1.29 bits per heavy atom. The van der Waals surface area contributed by atoms with E-state index in [1.807, 2.05) is 25.1 Å². The molecule has 108 valence electrons. The van der Waals surface area contributed by atoms with Crippen molar-refractivity contribution >= 4 is 11.0 Å². The van der Waals surface area contributed by atoms with E-state index < -0.39 is 0 Å². The van der Waals surface area contributed by atoms with Gasteiger partial charge in [-0.25, -0.2) is 19.4 Å². The quantitative estimate of drug-likeness (QED) is 0.758. The fraction of sp³-hybridized carbons (Fsp3) is 0.400. The number of nitrogens with zero attached hydrogens (tertiary/aromatic N) is 3. The first-order valence-corrected chi connectivity index (χ1v) is 7.36. The Hall–Kier alpha value is -2.37. The van der Waals surface area contributed by atoms with Gasteiger partial charge in [-0.3, -0.25) is 0 Å². The third-order valence-corrected chi connectivity index (χ3v) is 4.26. The minimum atomic E-state index is -0.229. The van der Waals surface area contributed by atoms with Crippen molar-refractivity contribution < 1.29 is 0 Å². The van der Waals surface area contributed by atoms with E-state index in [1.54, 1.807) is 4.57 Å². The van der Waals surface area contributed by atoms with E-state index in [4.69, 9.17) is 0 Å². The summed E-state index contributed by atoms with van der Waals surface area (Å²) in [5, 5.41) is 6.79. The number of H-pyrrole nitrogens is 2. The van der Waals surface area contributed by atoms with Crippen molar-refractivity contribution in [1.82, 2.24) is 24.7 Å². The molecule has 0 spiro atoms. The Balaban J connectivity index is 1.87. The highest BCUT2D eigenvalue weighted by Crippen LogP contribution is 2.33. The number of fused-ring (bicyclic) bond motifs is 1. The molecule has 0 unspecified atom stereocenters. The molecule has 1 saturated carbocycles. The van der Waals surface area contributed by atoms with Crippen LogP contribution in [0.15, 0.2) is 23.0 Å². The molecule has 1 aliphatic rings. The van der Waals surface area contributed by atoms with Crippen molar-refractivity contribution in [1.29, 1.82) is 0 Å². The maximum absolute atomic E-state index is 12.1. The van der Waals surface area contributed by atoms with E-state index >= 15 is 0 Å². The summed E-state index contributed by atoms with van der Waals surface area (Å²) in [5.74, 6) is 1.70. The van der Waals surface area contributed by atoms with Crippen LogP contribution in [-0.4, -0.2) is 24.7 Å². The van der Waals surface area contributed by atoms with Gasteiger partial charge in [-0.1, -0.05) is 18.9 Å². The van der Waals surface area contributed by atoms with E-state index in [-0.39, 0.29) is 5.69 Å². The summed E-state index contributed by atoms with van der Waals surface area (Å²) in [6.07, 6.45) is 4.57. The number of imidazole rings is 1. The molecule has 1 aromatic carbocycles. The highest BCUT2D eigenvalue weighted by atomic mass is 16.1. The van der Waals surface area contributed by atoms with E-state index in [0.717, 1.165) is 35.3 Å². The van der Waals surface area contributed by atoms with Crippen LogP contribution in [0.3, 0.4) is 0 Å². The predicted octanol–water partition coefficient (Wildman–Crippen LogP) is 2.40. The van der Waals surface area contributed by atoms with Crippen LogP contribution in [0.4, 0.5) is 0 Å². The second-order valence-corrected chi connectivity index (χ2v) is 5.78. The summed E-state index contributed by atoms with van der Waals surface area (Å²) in [5.41, 5.74) is 2.73. The van der Waals surface area contributed by atoms with E-state index in [2.05, 4.69) is 20.2 Å². The first kappa shape index (κ1) is 12.4. The first-order valence-electron chi connectivity index (χ1n) is 7.36. The lowest BCUT2D eigenvalue weighted by molar-refractivity contribution is 0.642. The number of hydrogen-bond donors (Lipinski definition) is 2. The lowest BCUT2D eigenvalue weighted by atomic mass is 10.1. The van der Waals surface area contributed by atoms with Crippen LogP contribution in [0.25, 0.3) is 17.0 Å². The molecule has 0 radical (unpaired) electrons. The molecule has 2 aromatic heterocycles. The van der Waals surface area contributed by atoms with Gasteiger partial charge in [0.05, 0.1) is 11.0 Å². The molecule has 0 atom stereocenters. The van der Waals surface area contributed by atoms with Crippen molar-refractivity contribution in [3.05, 3.63) is 40.1 Å². The van der Waals surface area contributed by atoms with Crippen molar-refractivity contribution in [3.8, 4) is 5.95 Å². The SMILES string of the molecule is Cc1ccc2nc(-n3c(C4CCCC4)n[nH]c3=O)[nH]c2c1. The molecule has 0 amide bonds. The van der Waals surface area contributed by atoms with Gasteiger partial charge in [0, 0.05) is 5.92 Å². The molecule has 6 heteroatoms. The van der Waals surface area contributed by atoms with Gasteiger partial charge >= 0.3 is 5.69 Å². The van der Waals surface area contributed by atoms with Gasteiger partial charge in [0.2, 0.25) is 5.95 Å². The summed E-state index contributed by atoms with van der Waals surface area (Å²) >= 11 is 0. The molecule has 21 heavy (non-hydrogen) atoms. The first-order chi connectivity index (χ1) is 10.2. The van der Waals surface area contributed by atoms with Gasteiger partial charge in [0.1, 0.15) is 5.82 Å². The molecule has 1 aliphatic carbocycles. The van der Waals surface area contributed by atoms with E-state index in [1.165, 1.54) is 12.8 Å². The van der Waals surface area contributed by atoms with Gasteiger partial charge in [0.25, 0.3) is 0 Å². The standard InChI is InChI=1S/C15H17N5O/c1-9-6-7-11-12(8-9)17-14(16-11)20-13(18-19-15(20)21)10-4-2-3-5-10/h6-8,10H,2-5H2,1H3,(H,16,17)(H,19,21). The number of rotatable bonds is 2. The molecule has 1 fully saturated rings. The maximum atomic E-state index is 12.1. The average Bonchev–Trinajstić information content (AvgIpc) is 3.15. The van der Waals surface area contributed by atoms with Crippen molar-refractivity contribution in [2.75, 3.05) is 0 Å². The second kappa shape index (κ2) is 4.58. The van der Waals surface area contributed by atoms with Gasteiger partial charge in [-0.2, -0.15) is 5.10 Å². The summed E-state index contributed by atoms with van der Waals surface area (Å²) in [7, 11) is 0. The number of aromatic nitrogens is 5. The molecule has 0 saturated heterocycles. The van der Waals surface area contributed by atoms with Crippen LogP contribution >= 0.6 is 0 Å². The highest BCUT2D eigenvalue weighted by molar-refractivity contribution is 5.77. The molecule has 0 aliphatic heterocycles. The Labute approximate surface area is 121 Å². The predicted molar refractivity (Wildman–Crippen MR) is 79.8 cm³/mol. The number of aryl methyl sites for hydroxylation is 1. The van der Waals surface area contributed by atoms with Gasteiger partial charge in [0.15, 0.2) is 0 Å². The molecule has 3 aromatic rings. The zero-order valence-corrected chi connectivity index (χ0v) is 11.9.